The molecule has 0 aliphatic heterocycles. The van der Waals surface area contributed by atoms with E-state index < -0.39 is 41.9 Å². The van der Waals surface area contributed by atoms with Crippen LogP contribution in [-0.4, -0.2) is 118 Å². The molecule has 0 heterocycles. The van der Waals surface area contributed by atoms with E-state index in [2.05, 4.69) is 0 Å². The minimum Gasteiger partial charge on any atom is -0.396 e. The van der Waals surface area contributed by atoms with Crippen molar-refractivity contribution in [2.24, 2.45) is 5.41 Å². The normalized spacial score (nSPS) is 8.31. The third kappa shape index (κ3) is 499. The quantitative estimate of drug-likeness (QED) is 0.0815. The van der Waals surface area contributed by atoms with E-state index in [0.29, 0.717) is 6.42 Å². The standard InChI is InChI=1S/C5H12O3.C4H10O3.6HNO3/c1-5(2-6,3-7)4-8;1-2-3-4(5,6)7;6*2-1(3)4/h6-8H,2-4H2,1H3;5-7H,2-3H2,1H3;6*(H,2,3,4). The molecule has 0 spiro atoms. The Bertz CT molecular complexity index is 494. The summed E-state index contributed by atoms with van der Waals surface area (Å²) in [5, 5.41) is 132. The van der Waals surface area contributed by atoms with Crippen LogP contribution in [0, 0.1) is 66.1 Å². The molecule has 0 aromatic heterocycles. The SMILES string of the molecule is CC(CO)(CO)CO.CCCC(O)(O)O.O=[N+]([O-])O.O=[N+]([O-])O.O=[N+]([O-])O.O=[N+]([O-])O.O=[N+]([O-])O.O=[N+]([O-])O. The molecule has 0 saturated heterocycles. The highest BCUT2D eigenvalue weighted by atomic mass is 16.9. The molecule has 0 aromatic rings. The summed E-state index contributed by atoms with van der Waals surface area (Å²) >= 11 is 0. The van der Waals surface area contributed by atoms with Crippen molar-refractivity contribution in [3.63, 3.8) is 0 Å². The van der Waals surface area contributed by atoms with Gasteiger partial charge in [0.2, 0.25) is 0 Å². The van der Waals surface area contributed by atoms with Gasteiger partial charge in [-0.15, -0.1) is 60.7 Å². The van der Waals surface area contributed by atoms with Crippen LogP contribution < -0.4 is 0 Å². The molecule has 0 unspecified atom stereocenters. The van der Waals surface area contributed by atoms with E-state index in [1.807, 2.05) is 0 Å². The third-order valence-corrected chi connectivity index (χ3v) is 1.73. The molecule has 0 radical (unpaired) electrons. The average molecular weight is 604 g/mol. The van der Waals surface area contributed by atoms with Gasteiger partial charge in [-0.05, 0) is 6.42 Å². The number of aliphatic hydroxyl groups excluding tert-OH is 3. The maximum Gasteiger partial charge on any atom is 0.291 e. The second-order valence-electron chi connectivity index (χ2n) is 5.24. The molecule has 39 heavy (non-hydrogen) atoms. The van der Waals surface area contributed by atoms with Crippen LogP contribution in [0.2, 0.25) is 0 Å². The maximum atomic E-state index is 8.47. The number of rotatable bonds is 5. The van der Waals surface area contributed by atoms with Crippen molar-refractivity contribution in [1.29, 1.82) is 0 Å². The monoisotopic (exact) mass is 604 g/mol. The highest BCUT2D eigenvalue weighted by molar-refractivity contribution is 4.69. The first kappa shape index (κ1) is 54.7. The van der Waals surface area contributed by atoms with Crippen molar-refractivity contribution in [2.45, 2.75) is 32.7 Å². The number of nitrogens with zero attached hydrogens (tertiary/aromatic N) is 6. The van der Waals surface area contributed by atoms with Crippen molar-refractivity contribution in [3.8, 4) is 0 Å². The number of aliphatic hydroxyl groups is 6. The zero-order chi connectivity index (χ0) is 34.0. The van der Waals surface area contributed by atoms with Crippen LogP contribution >= 0.6 is 0 Å². The van der Waals surface area contributed by atoms with E-state index >= 15 is 0 Å². The predicted octanol–water partition coefficient (Wildman–Crippen LogP) is -3.70. The average Bonchev–Trinajstić information content (AvgIpc) is 2.64. The van der Waals surface area contributed by atoms with Crippen molar-refractivity contribution in [1.82, 2.24) is 0 Å². The van der Waals surface area contributed by atoms with Crippen LogP contribution in [0.1, 0.15) is 26.7 Å². The summed E-state index contributed by atoms with van der Waals surface area (Å²) < 4.78 is 0. The highest BCUT2D eigenvalue weighted by Gasteiger charge is 2.20. The fourth-order valence-corrected chi connectivity index (χ4v) is 0.485. The zero-order valence-corrected chi connectivity index (χ0v) is 19.5. The summed E-state index contributed by atoms with van der Waals surface area (Å²) in [5.41, 5.74) is -0.708. The van der Waals surface area contributed by atoms with Crippen LogP contribution in [0.3, 0.4) is 0 Å². The Hall–Kier alpha value is -5.04. The first-order valence-electron chi connectivity index (χ1n) is 8.13. The summed E-state index contributed by atoms with van der Waals surface area (Å²) in [6, 6.07) is 0. The van der Waals surface area contributed by atoms with Crippen molar-refractivity contribution < 1.29 is 92.4 Å². The maximum absolute atomic E-state index is 8.47. The fourth-order valence-electron chi connectivity index (χ4n) is 0.485. The molecule has 0 aliphatic rings. The highest BCUT2D eigenvalue weighted by Crippen LogP contribution is 2.11. The van der Waals surface area contributed by atoms with Gasteiger partial charge in [-0.2, -0.15) is 0 Å². The van der Waals surface area contributed by atoms with Gasteiger partial charge in [-0.25, -0.2) is 0 Å². The van der Waals surface area contributed by atoms with Gasteiger partial charge in [0.25, 0.3) is 36.5 Å². The fraction of sp³-hybridized carbons (Fsp3) is 1.00. The summed E-state index contributed by atoms with van der Waals surface area (Å²) in [7, 11) is 0. The van der Waals surface area contributed by atoms with Crippen molar-refractivity contribution >= 4 is 0 Å². The van der Waals surface area contributed by atoms with Gasteiger partial charge >= 0.3 is 0 Å². The molecule has 0 atom stereocenters. The van der Waals surface area contributed by atoms with Crippen molar-refractivity contribution in [3.05, 3.63) is 60.7 Å². The van der Waals surface area contributed by atoms with Gasteiger partial charge < -0.3 is 61.9 Å². The number of hydrogen-bond donors (Lipinski definition) is 12. The molecule has 0 rings (SSSR count). The molecule has 30 heteroatoms. The second-order valence-corrected chi connectivity index (χ2v) is 5.24. The van der Waals surface area contributed by atoms with E-state index in [0.717, 1.165) is 0 Å². The second kappa shape index (κ2) is 37.5. The molecule has 0 amide bonds. The smallest absolute Gasteiger partial charge is 0.291 e. The minimum absolute atomic E-state index is 0.00694. The lowest BCUT2D eigenvalue weighted by atomic mass is 9.95. The van der Waals surface area contributed by atoms with E-state index in [9.17, 15) is 0 Å². The Morgan fingerprint density at radius 1 is 0.513 bits per heavy atom. The third-order valence-electron chi connectivity index (χ3n) is 1.73. The van der Waals surface area contributed by atoms with Gasteiger partial charge in [-0.1, -0.05) is 13.8 Å². The molecule has 0 aliphatic carbocycles. The molecule has 0 saturated carbocycles. The summed E-state index contributed by atoms with van der Waals surface area (Å²) in [6.07, 6.45) is 0.566. The lowest BCUT2D eigenvalue weighted by molar-refractivity contribution is -0.742. The summed E-state index contributed by atoms with van der Waals surface area (Å²) in [4.78, 5) is 50.2. The molecule has 30 nitrogen and oxygen atoms in total. The lowest BCUT2D eigenvalue weighted by Crippen LogP contribution is -2.29. The van der Waals surface area contributed by atoms with Crippen LogP contribution in [-0.2, 0) is 0 Å². The van der Waals surface area contributed by atoms with Crippen LogP contribution in [0.5, 0.6) is 0 Å². The van der Waals surface area contributed by atoms with E-state index in [1.165, 1.54) is 0 Å². The number of hydrogen-bond acceptors (Lipinski definition) is 18. The molecular formula is C9H28N6O24. The molecular weight excluding hydrogens is 576 g/mol. The Balaban J connectivity index is -0.0000000479. The van der Waals surface area contributed by atoms with Gasteiger partial charge in [0.1, 0.15) is 0 Å². The van der Waals surface area contributed by atoms with Gasteiger partial charge in [0, 0.05) is 11.8 Å². The summed E-state index contributed by atoms with van der Waals surface area (Å²) in [5.74, 6) is -2.45. The predicted molar refractivity (Wildman–Crippen MR) is 106 cm³/mol. The van der Waals surface area contributed by atoms with E-state index in [4.69, 9.17) is 123 Å². The summed E-state index contributed by atoms with van der Waals surface area (Å²) in [6.45, 7) is 2.81. The van der Waals surface area contributed by atoms with Crippen LogP contribution in [0.15, 0.2) is 0 Å². The largest absolute Gasteiger partial charge is 0.396 e. The Labute approximate surface area is 212 Å². The first-order chi connectivity index (χ1) is 17.1. The molecule has 0 bridgehead atoms. The zero-order valence-electron chi connectivity index (χ0n) is 19.5. The Morgan fingerprint density at radius 3 is 0.641 bits per heavy atom. The van der Waals surface area contributed by atoms with E-state index in [1.54, 1.807) is 13.8 Å². The first-order valence-corrected chi connectivity index (χ1v) is 8.13. The molecule has 0 fully saturated rings. The van der Waals surface area contributed by atoms with Gasteiger partial charge in [-0.3, -0.25) is 0 Å². The molecule has 238 valence electrons. The Kier molecular flexibility index (Phi) is 52.6. The molecule has 12 N–H and O–H groups in total. The van der Waals surface area contributed by atoms with Crippen LogP contribution in [0.4, 0.5) is 0 Å². The Morgan fingerprint density at radius 2 is 0.641 bits per heavy atom. The minimum atomic E-state index is -2.45. The van der Waals surface area contributed by atoms with Crippen LogP contribution in [0.25, 0.3) is 0 Å². The lowest BCUT2D eigenvalue weighted by Gasteiger charge is -2.20. The van der Waals surface area contributed by atoms with Gasteiger partial charge in [0.05, 0.1) is 19.8 Å². The molecule has 0 aromatic carbocycles. The topological polar surface area (TPSA) is 502 Å². The van der Waals surface area contributed by atoms with Gasteiger partial charge in [0.15, 0.2) is 0 Å². The van der Waals surface area contributed by atoms with E-state index in [-0.39, 0.29) is 26.2 Å². The van der Waals surface area contributed by atoms with Crippen molar-refractivity contribution in [2.75, 3.05) is 19.8 Å².